The molecule has 0 spiro atoms. The molecule has 114 valence electrons. The van der Waals surface area contributed by atoms with Crippen molar-refractivity contribution in [1.82, 2.24) is 4.90 Å². The number of piperidine rings is 1. The minimum atomic E-state index is -0.334. The van der Waals surface area contributed by atoms with Gasteiger partial charge in [0.05, 0.1) is 13.5 Å². The standard InChI is InChI=1S/C16H22N2O3/c1-21-16(20)10-9-15(19)18-11-5-8-14(12-18)17-13-6-3-2-4-7-13/h2-4,6-7,14,17H,5,8-12H2,1H3/t14-/m0/s1. The Bertz CT molecular complexity index is 476. The van der Waals surface area contributed by atoms with E-state index < -0.39 is 0 Å². The highest BCUT2D eigenvalue weighted by atomic mass is 16.5. The van der Waals surface area contributed by atoms with Crippen LogP contribution in [0.15, 0.2) is 30.3 Å². The summed E-state index contributed by atoms with van der Waals surface area (Å²) in [5, 5.41) is 3.46. The number of rotatable bonds is 5. The maximum absolute atomic E-state index is 12.1. The lowest BCUT2D eigenvalue weighted by atomic mass is 10.0. The van der Waals surface area contributed by atoms with E-state index in [2.05, 4.69) is 10.1 Å². The van der Waals surface area contributed by atoms with Gasteiger partial charge >= 0.3 is 5.97 Å². The second-order valence-corrected chi connectivity index (χ2v) is 5.27. The van der Waals surface area contributed by atoms with Gasteiger partial charge in [0.2, 0.25) is 5.91 Å². The molecule has 0 unspecified atom stereocenters. The lowest BCUT2D eigenvalue weighted by Crippen LogP contribution is -2.45. The quantitative estimate of drug-likeness (QED) is 0.843. The lowest BCUT2D eigenvalue weighted by Gasteiger charge is -2.33. The molecular weight excluding hydrogens is 268 g/mol. The number of likely N-dealkylation sites (tertiary alicyclic amines) is 1. The third-order valence-corrected chi connectivity index (χ3v) is 3.69. The molecule has 21 heavy (non-hydrogen) atoms. The molecule has 1 aromatic carbocycles. The fraction of sp³-hybridized carbons (Fsp3) is 0.500. The Morgan fingerprint density at radius 1 is 1.29 bits per heavy atom. The summed E-state index contributed by atoms with van der Waals surface area (Å²) in [4.78, 5) is 25.0. The normalized spacial score (nSPS) is 18.1. The van der Waals surface area contributed by atoms with Crippen molar-refractivity contribution in [1.29, 1.82) is 0 Å². The molecule has 0 aromatic heterocycles. The summed E-state index contributed by atoms with van der Waals surface area (Å²) in [7, 11) is 1.34. The van der Waals surface area contributed by atoms with E-state index in [1.54, 1.807) is 0 Å². The van der Waals surface area contributed by atoms with Crippen LogP contribution in [0.5, 0.6) is 0 Å². The molecule has 1 heterocycles. The number of carbonyl (C=O) groups excluding carboxylic acids is 2. The zero-order valence-corrected chi connectivity index (χ0v) is 12.4. The second-order valence-electron chi connectivity index (χ2n) is 5.27. The van der Waals surface area contributed by atoms with Crippen LogP contribution in [0, 0.1) is 0 Å². The van der Waals surface area contributed by atoms with Gasteiger partial charge in [-0.3, -0.25) is 9.59 Å². The summed E-state index contributed by atoms with van der Waals surface area (Å²) in [6.07, 6.45) is 2.41. The molecule has 1 aliphatic rings. The number of hydrogen-bond acceptors (Lipinski definition) is 4. The maximum atomic E-state index is 12.1. The van der Waals surface area contributed by atoms with E-state index in [-0.39, 0.29) is 30.8 Å². The molecule has 1 fully saturated rings. The largest absolute Gasteiger partial charge is 0.469 e. The van der Waals surface area contributed by atoms with Crippen LogP contribution in [-0.4, -0.2) is 43.0 Å². The molecule has 2 rings (SSSR count). The fourth-order valence-corrected chi connectivity index (χ4v) is 2.56. The molecule has 5 nitrogen and oxygen atoms in total. The van der Waals surface area contributed by atoms with Gasteiger partial charge in [0.1, 0.15) is 0 Å². The first kappa shape index (κ1) is 15.4. The highest BCUT2D eigenvalue weighted by Crippen LogP contribution is 2.16. The number of carbonyl (C=O) groups is 2. The van der Waals surface area contributed by atoms with Crippen LogP contribution in [0.2, 0.25) is 0 Å². The third kappa shape index (κ3) is 4.77. The van der Waals surface area contributed by atoms with E-state index in [9.17, 15) is 9.59 Å². The van der Waals surface area contributed by atoms with Gasteiger partial charge in [-0.05, 0) is 25.0 Å². The van der Waals surface area contributed by atoms with Gasteiger partial charge in [0.25, 0.3) is 0 Å². The second kappa shape index (κ2) is 7.67. The minimum absolute atomic E-state index is 0.0277. The molecule has 0 saturated carbocycles. The number of nitrogens with zero attached hydrogens (tertiary/aromatic N) is 1. The first-order valence-electron chi connectivity index (χ1n) is 7.35. The van der Waals surface area contributed by atoms with Gasteiger partial charge in [0.15, 0.2) is 0 Å². The fourth-order valence-electron chi connectivity index (χ4n) is 2.56. The van der Waals surface area contributed by atoms with Crippen molar-refractivity contribution in [3.05, 3.63) is 30.3 Å². The van der Waals surface area contributed by atoms with Crippen molar-refractivity contribution in [2.75, 3.05) is 25.5 Å². The van der Waals surface area contributed by atoms with E-state index in [0.29, 0.717) is 6.54 Å². The predicted molar refractivity (Wildman–Crippen MR) is 80.9 cm³/mol. The van der Waals surface area contributed by atoms with Gasteiger partial charge in [0, 0.05) is 31.2 Å². The first-order chi connectivity index (χ1) is 10.2. The van der Waals surface area contributed by atoms with E-state index in [1.807, 2.05) is 35.2 Å². The Hall–Kier alpha value is -2.04. The summed E-state index contributed by atoms with van der Waals surface area (Å²) >= 11 is 0. The Morgan fingerprint density at radius 2 is 2.05 bits per heavy atom. The number of esters is 1. The van der Waals surface area contributed by atoms with Crippen LogP contribution in [0.25, 0.3) is 0 Å². The minimum Gasteiger partial charge on any atom is -0.469 e. The molecule has 1 saturated heterocycles. The van der Waals surface area contributed by atoms with Crippen LogP contribution in [0.4, 0.5) is 5.69 Å². The summed E-state index contributed by atoms with van der Waals surface area (Å²) in [6.45, 7) is 1.46. The number of benzene rings is 1. The molecule has 0 radical (unpaired) electrons. The molecule has 0 bridgehead atoms. The zero-order valence-electron chi connectivity index (χ0n) is 12.4. The average molecular weight is 290 g/mol. The Labute approximate surface area is 125 Å². The van der Waals surface area contributed by atoms with Crippen LogP contribution >= 0.6 is 0 Å². The molecule has 1 aromatic rings. The smallest absolute Gasteiger partial charge is 0.306 e. The van der Waals surface area contributed by atoms with E-state index in [4.69, 9.17) is 0 Å². The van der Waals surface area contributed by atoms with Gasteiger partial charge in [-0.25, -0.2) is 0 Å². The summed E-state index contributed by atoms with van der Waals surface area (Å²) in [6, 6.07) is 10.3. The van der Waals surface area contributed by atoms with Crippen LogP contribution in [0.3, 0.4) is 0 Å². The molecule has 0 aliphatic carbocycles. The summed E-state index contributed by atoms with van der Waals surface area (Å²) < 4.78 is 4.57. The topological polar surface area (TPSA) is 58.6 Å². The number of hydrogen-bond donors (Lipinski definition) is 1. The number of anilines is 1. The van der Waals surface area contributed by atoms with Crippen molar-refractivity contribution >= 4 is 17.6 Å². The van der Waals surface area contributed by atoms with Gasteiger partial charge in [-0.1, -0.05) is 18.2 Å². The molecule has 1 aliphatic heterocycles. The summed E-state index contributed by atoms with van der Waals surface area (Å²) in [5.74, 6) is -0.306. The zero-order chi connectivity index (χ0) is 15.1. The number of amides is 1. The van der Waals surface area contributed by atoms with Crippen LogP contribution in [-0.2, 0) is 14.3 Å². The van der Waals surface area contributed by atoms with E-state index in [1.165, 1.54) is 7.11 Å². The van der Waals surface area contributed by atoms with Crippen molar-refractivity contribution in [2.24, 2.45) is 0 Å². The Balaban J connectivity index is 1.82. The highest BCUT2D eigenvalue weighted by molar-refractivity contribution is 5.81. The SMILES string of the molecule is COC(=O)CCC(=O)N1CCC[C@H](Nc2ccccc2)C1. The number of methoxy groups -OCH3 is 1. The lowest BCUT2D eigenvalue weighted by molar-refractivity contribution is -0.143. The van der Waals surface area contributed by atoms with Gasteiger partial charge < -0.3 is 15.0 Å². The molecule has 1 atom stereocenters. The maximum Gasteiger partial charge on any atom is 0.306 e. The molecule has 1 amide bonds. The molecular formula is C16H22N2O3. The Morgan fingerprint density at radius 3 is 2.76 bits per heavy atom. The number of ether oxygens (including phenoxy) is 1. The van der Waals surface area contributed by atoms with Gasteiger partial charge in [-0.2, -0.15) is 0 Å². The van der Waals surface area contributed by atoms with Crippen LogP contribution < -0.4 is 5.32 Å². The highest BCUT2D eigenvalue weighted by Gasteiger charge is 2.23. The van der Waals surface area contributed by atoms with E-state index >= 15 is 0 Å². The Kier molecular flexibility index (Phi) is 5.60. The van der Waals surface area contributed by atoms with Crippen molar-refractivity contribution in [2.45, 2.75) is 31.7 Å². The number of para-hydroxylation sites is 1. The first-order valence-corrected chi connectivity index (χ1v) is 7.35. The third-order valence-electron chi connectivity index (χ3n) is 3.69. The van der Waals surface area contributed by atoms with E-state index in [0.717, 1.165) is 25.1 Å². The van der Waals surface area contributed by atoms with Crippen molar-refractivity contribution < 1.29 is 14.3 Å². The molecule has 1 N–H and O–H groups in total. The monoisotopic (exact) mass is 290 g/mol. The number of nitrogens with one attached hydrogen (secondary N) is 1. The van der Waals surface area contributed by atoms with Crippen LogP contribution in [0.1, 0.15) is 25.7 Å². The predicted octanol–water partition coefficient (Wildman–Crippen LogP) is 2.04. The van der Waals surface area contributed by atoms with Gasteiger partial charge in [-0.15, -0.1) is 0 Å². The molecule has 5 heteroatoms. The van der Waals surface area contributed by atoms with Crippen molar-refractivity contribution in [3.63, 3.8) is 0 Å². The average Bonchev–Trinajstić information content (AvgIpc) is 2.53. The summed E-state index contributed by atoms with van der Waals surface area (Å²) in [5.41, 5.74) is 1.08. The van der Waals surface area contributed by atoms with Crippen molar-refractivity contribution in [3.8, 4) is 0 Å².